The van der Waals surface area contributed by atoms with Gasteiger partial charge in [-0.2, -0.15) is 11.8 Å². The van der Waals surface area contributed by atoms with Crippen molar-refractivity contribution in [3.05, 3.63) is 33.8 Å². The highest BCUT2D eigenvalue weighted by Gasteiger charge is 2.24. The van der Waals surface area contributed by atoms with Gasteiger partial charge in [0, 0.05) is 5.56 Å². The summed E-state index contributed by atoms with van der Waals surface area (Å²) in [6, 6.07) is 5.23. The van der Waals surface area contributed by atoms with Gasteiger partial charge in [0.15, 0.2) is 5.78 Å². The topological polar surface area (TPSA) is 17.1 Å². The van der Waals surface area contributed by atoms with Crippen LogP contribution < -0.4 is 0 Å². The van der Waals surface area contributed by atoms with Crippen molar-refractivity contribution in [1.29, 1.82) is 0 Å². The van der Waals surface area contributed by atoms with Crippen LogP contribution in [0.25, 0.3) is 0 Å². The number of rotatable bonds is 2. The molecule has 16 heavy (non-hydrogen) atoms. The van der Waals surface area contributed by atoms with Crippen LogP contribution in [0.3, 0.4) is 0 Å². The minimum atomic E-state index is 0.0599. The summed E-state index contributed by atoms with van der Waals surface area (Å²) in [5, 5.41) is 0.901. The summed E-state index contributed by atoms with van der Waals surface area (Å²) in [4.78, 5) is 12.2. The van der Waals surface area contributed by atoms with E-state index < -0.39 is 0 Å². The third kappa shape index (κ3) is 2.55. The Morgan fingerprint density at radius 2 is 2.12 bits per heavy atom. The second-order valence-electron chi connectivity index (χ2n) is 3.82. The van der Waals surface area contributed by atoms with Crippen LogP contribution in [-0.4, -0.2) is 16.8 Å². The number of halogens is 2. The van der Waals surface area contributed by atoms with Crippen LogP contribution in [0.4, 0.5) is 0 Å². The van der Waals surface area contributed by atoms with E-state index in [1.165, 1.54) is 6.42 Å². The molecule has 0 spiro atoms. The summed E-state index contributed by atoms with van der Waals surface area (Å²) < 4.78 is 0. The zero-order valence-electron chi connectivity index (χ0n) is 8.71. The minimum absolute atomic E-state index is 0.0599. The van der Waals surface area contributed by atoms with E-state index in [2.05, 4.69) is 0 Å². The van der Waals surface area contributed by atoms with Crippen molar-refractivity contribution >= 4 is 40.7 Å². The highest BCUT2D eigenvalue weighted by Crippen LogP contribution is 2.32. The first kappa shape index (κ1) is 12.3. The van der Waals surface area contributed by atoms with E-state index in [0.717, 1.165) is 18.6 Å². The summed E-state index contributed by atoms with van der Waals surface area (Å²) in [7, 11) is 0. The number of carbonyl (C=O) groups is 1. The molecule has 1 aliphatic rings. The van der Waals surface area contributed by atoms with Crippen molar-refractivity contribution < 1.29 is 4.79 Å². The standard InChI is InChI=1S/C12H12Cl2OS/c13-9-5-3-4-8(11(9)14)12(15)10-6-1-2-7-16-10/h3-5,10H,1-2,6-7H2. The zero-order valence-corrected chi connectivity index (χ0v) is 11.0. The van der Waals surface area contributed by atoms with Gasteiger partial charge in [0.05, 0.1) is 15.3 Å². The second kappa shape index (κ2) is 5.44. The van der Waals surface area contributed by atoms with Gasteiger partial charge in [-0.1, -0.05) is 35.7 Å². The third-order valence-electron chi connectivity index (χ3n) is 2.69. The molecular weight excluding hydrogens is 263 g/mol. The number of thioether (sulfide) groups is 1. The van der Waals surface area contributed by atoms with Crippen LogP contribution in [0.15, 0.2) is 18.2 Å². The number of benzene rings is 1. The average molecular weight is 275 g/mol. The molecule has 0 amide bonds. The number of carbonyl (C=O) groups excluding carboxylic acids is 1. The Hall–Kier alpha value is -0.180. The quantitative estimate of drug-likeness (QED) is 0.741. The molecule has 0 N–H and O–H groups in total. The van der Waals surface area contributed by atoms with Crippen LogP contribution in [0.2, 0.25) is 10.0 Å². The smallest absolute Gasteiger partial charge is 0.177 e. The van der Waals surface area contributed by atoms with Crippen molar-refractivity contribution in [1.82, 2.24) is 0 Å². The fourth-order valence-corrected chi connectivity index (χ4v) is 3.48. The van der Waals surface area contributed by atoms with E-state index in [1.54, 1.807) is 30.0 Å². The van der Waals surface area contributed by atoms with E-state index in [4.69, 9.17) is 23.2 Å². The molecule has 1 heterocycles. The Labute approximate surface area is 110 Å². The van der Waals surface area contributed by atoms with Gasteiger partial charge in [-0.25, -0.2) is 0 Å². The normalized spacial score (nSPS) is 20.8. The first-order chi connectivity index (χ1) is 7.70. The molecule has 4 heteroatoms. The van der Waals surface area contributed by atoms with Crippen LogP contribution in [0.1, 0.15) is 29.6 Å². The van der Waals surface area contributed by atoms with E-state index in [1.807, 2.05) is 0 Å². The van der Waals surface area contributed by atoms with Gasteiger partial charge in [-0.3, -0.25) is 4.79 Å². The van der Waals surface area contributed by atoms with Crippen molar-refractivity contribution in [2.45, 2.75) is 24.5 Å². The first-order valence-electron chi connectivity index (χ1n) is 5.30. The molecule has 0 saturated carbocycles. The Bertz CT molecular complexity index is 400. The molecule has 1 aromatic carbocycles. The van der Waals surface area contributed by atoms with Crippen LogP contribution >= 0.6 is 35.0 Å². The average Bonchev–Trinajstić information content (AvgIpc) is 2.33. The Kier molecular flexibility index (Phi) is 4.17. The maximum absolute atomic E-state index is 12.2. The van der Waals surface area contributed by atoms with E-state index in [-0.39, 0.29) is 11.0 Å². The van der Waals surface area contributed by atoms with Gasteiger partial charge in [0.1, 0.15) is 0 Å². The Balaban J connectivity index is 2.22. The van der Waals surface area contributed by atoms with Crippen LogP contribution in [0, 0.1) is 0 Å². The van der Waals surface area contributed by atoms with Gasteiger partial charge < -0.3 is 0 Å². The Morgan fingerprint density at radius 3 is 2.81 bits per heavy atom. The second-order valence-corrected chi connectivity index (χ2v) is 5.92. The molecule has 1 aliphatic heterocycles. The molecule has 1 fully saturated rings. The molecule has 1 aromatic rings. The van der Waals surface area contributed by atoms with Gasteiger partial charge in [0.25, 0.3) is 0 Å². The van der Waals surface area contributed by atoms with Crippen molar-refractivity contribution in [3.63, 3.8) is 0 Å². The minimum Gasteiger partial charge on any atom is -0.293 e. The highest BCUT2D eigenvalue weighted by molar-refractivity contribution is 8.00. The van der Waals surface area contributed by atoms with E-state index in [0.29, 0.717) is 15.6 Å². The largest absolute Gasteiger partial charge is 0.293 e. The van der Waals surface area contributed by atoms with Gasteiger partial charge in [0.2, 0.25) is 0 Å². The Morgan fingerprint density at radius 1 is 1.31 bits per heavy atom. The van der Waals surface area contributed by atoms with Crippen LogP contribution in [0.5, 0.6) is 0 Å². The number of hydrogen-bond acceptors (Lipinski definition) is 2. The fourth-order valence-electron chi connectivity index (χ4n) is 1.82. The van der Waals surface area contributed by atoms with E-state index in [9.17, 15) is 4.79 Å². The lowest BCUT2D eigenvalue weighted by Gasteiger charge is -2.20. The number of hydrogen-bond donors (Lipinski definition) is 0. The predicted molar refractivity (Wildman–Crippen MR) is 70.9 cm³/mol. The van der Waals surface area contributed by atoms with Gasteiger partial charge >= 0.3 is 0 Å². The highest BCUT2D eigenvalue weighted by atomic mass is 35.5. The van der Waals surface area contributed by atoms with Crippen molar-refractivity contribution in [3.8, 4) is 0 Å². The number of Topliss-reactive ketones (excluding diaryl/α,β-unsaturated/α-hetero) is 1. The molecule has 1 unspecified atom stereocenters. The summed E-state index contributed by atoms with van der Waals surface area (Å²) in [6.45, 7) is 0. The lowest BCUT2D eigenvalue weighted by atomic mass is 10.0. The molecule has 1 nitrogen and oxygen atoms in total. The lowest BCUT2D eigenvalue weighted by Crippen LogP contribution is -2.21. The molecule has 0 aromatic heterocycles. The molecule has 0 radical (unpaired) electrons. The zero-order chi connectivity index (χ0) is 11.5. The monoisotopic (exact) mass is 274 g/mol. The summed E-state index contributed by atoms with van der Waals surface area (Å²) in [5.74, 6) is 1.19. The summed E-state index contributed by atoms with van der Waals surface area (Å²) in [5.41, 5.74) is 0.563. The van der Waals surface area contributed by atoms with Crippen molar-refractivity contribution in [2.75, 3.05) is 5.75 Å². The van der Waals surface area contributed by atoms with Crippen LogP contribution in [-0.2, 0) is 0 Å². The first-order valence-corrected chi connectivity index (χ1v) is 7.10. The maximum Gasteiger partial charge on any atom is 0.177 e. The van der Waals surface area contributed by atoms with Gasteiger partial charge in [-0.15, -0.1) is 0 Å². The fraction of sp³-hybridized carbons (Fsp3) is 0.417. The van der Waals surface area contributed by atoms with Gasteiger partial charge in [-0.05, 0) is 30.7 Å². The SMILES string of the molecule is O=C(c1cccc(Cl)c1Cl)C1CCCCS1. The molecule has 2 rings (SSSR count). The maximum atomic E-state index is 12.2. The number of ketones is 1. The summed E-state index contributed by atoms with van der Waals surface area (Å²) in [6.07, 6.45) is 3.28. The molecule has 0 bridgehead atoms. The lowest BCUT2D eigenvalue weighted by molar-refractivity contribution is 0.0985. The molecular formula is C12H12Cl2OS. The predicted octanol–water partition coefficient (Wildman–Crippen LogP) is 4.46. The molecule has 86 valence electrons. The molecule has 1 atom stereocenters. The van der Waals surface area contributed by atoms with E-state index >= 15 is 0 Å². The van der Waals surface area contributed by atoms with Crippen molar-refractivity contribution in [2.24, 2.45) is 0 Å². The third-order valence-corrected chi connectivity index (χ3v) is 4.88. The molecule has 1 saturated heterocycles. The molecule has 0 aliphatic carbocycles. The summed E-state index contributed by atoms with van der Waals surface area (Å²) >= 11 is 13.7.